The monoisotopic (exact) mass is 387 g/mol. The van der Waals surface area contributed by atoms with Crippen molar-refractivity contribution in [2.45, 2.75) is 25.8 Å². The van der Waals surface area contributed by atoms with Crippen molar-refractivity contribution < 1.29 is 24.5 Å². The predicted octanol–water partition coefficient (Wildman–Crippen LogP) is 2.49. The Bertz CT molecular complexity index is 910. The largest absolute Gasteiger partial charge is 0.480 e. The van der Waals surface area contributed by atoms with E-state index in [4.69, 9.17) is 0 Å². The second-order valence-electron chi connectivity index (χ2n) is 5.94. The van der Waals surface area contributed by atoms with Crippen LogP contribution < -0.4 is 5.32 Å². The summed E-state index contributed by atoms with van der Waals surface area (Å²) in [5.74, 6) is -2.24. The summed E-state index contributed by atoms with van der Waals surface area (Å²) in [4.78, 5) is 44.2. The number of amides is 1. The van der Waals surface area contributed by atoms with Crippen LogP contribution in [0.5, 0.6) is 0 Å². The smallest absolute Gasteiger partial charge is 0.326 e. The van der Waals surface area contributed by atoms with Crippen LogP contribution in [-0.4, -0.2) is 32.9 Å². The van der Waals surface area contributed by atoms with Crippen LogP contribution in [0.4, 0.5) is 11.4 Å². The van der Waals surface area contributed by atoms with Crippen molar-refractivity contribution in [3.05, 3.63) is 79.4 Å². The number of rotatable bonds is 8. The van der Waals surface area contributed by atoms with Crippen LogP contribution in [0.15, 0.2) is 42.5 Å². The van der Waals surface area contributed by atoms with Gasteiger partial charge >= 0.3 is 5.97 Å². The van der Waals surface area contributed by atoms with Crippen molar-refractivity contribution in [1.82, 2.24) is 5.32 Å². The Morgan fingerprint density at radius 1 is 1.04 bits per heavy atom. The Morgan fingerprint density at radius 3 is 2.04 bits per heavy atom. The first kappa shape index (κ1) is 20.5. The van der Waals surface area contributed by atoms with E-state index in [1.165, 1.54) is 0 Å². The number of carbonyl (C=O) groups is 2. The topological polar surface area (TPSA) is 153 Å². The molecule has 28 heavy (non-hydrogen) atoms. The molecule has 0 unspecified atom stereocenters. The second-order valence-corrected chi connectivity index (χ2v) is 5.94. The number of nitro groups is 2. The van der Waals surface area contributed by atoms with Gasteiger partial charge in [-0.1, -0.05) is 31.2 Å². The Morgan fingerprint density at radius 2 is 1.57 bits per heavy atom. The fourth-order valence-corrected chi connectivity index (χ4v) is 2.70. The summed E-state index contributed by atoms with van der Waals surface area (Å²) in [7, 11) is 0. The van der Waals surface area contributed by atoms with Gasteiger partial charge in [0.25, 0.3) is 17.3 Å². The molecule has 0 aromatic heterocycles. The molecule has 146 valence electrons. The molecule has 10 heteroatoms. The summed E-state index contributed by atoms with van der Waals surface area (Å²) in [6.45, 7) is 1.91. The number of nitrogens with zero attached hydrogens (tertiary/aromatic N) is 2. The molecule has 0 bridgehead atoms. The zero-order valence-corrected chi connectivity index (χ0v) is 14.8. The summed E-state index contributed by atoms with van der Waals surface area (Å²) in [6.07, 6.45) is 0.676. The van der Waals surface area contributed by atoms with Gasteiger partial charge in [0.05, 0.1) is 21.5 Å². The lowest BCUT2D eigenvalue weighted by atomic mass is 9.98. The van der Waals surface area contributed by atoms with E-state index in [2.05, 4.69) is 5.32 Å². The molecule has 2 N–H and O–H groups in total. The first-order valence-corrected chi connectivity index (χ1v) is 8.27. The van der Waals surface area contributed by atoms with Gasteiger partial charge in [0.15, 0.2) is 0 Å². The van der Waals surface area contributed by atoms with E-state index in [1.54, 1.807) is 12.1 Å². The quantitative estimate of drug-likeness (QED) is 0.521. The van der Waals surface area contributed by atoms with Gasteiger partial charge in [-0.05, 0) is 17.5 Å². The summed E-state index contributed by atoms with van der Waals surface area (Å²) in [5, 5.41) is 33.6. The highest BCUT2D eigenvalue weighted by Gasteiger charge is 2.25. The van der Waals surface area contributed by atoms with E-state index in [-0.39, 0.29) is 12.0 Å². The molecular weight excluding hydrogens is 370 g/mol. The molecule has 1 amide bonds. The minimum Gasteiger partial charge on any atom is -0.480 e. The van der Waals surface area contributed by atoms with Crippen LogP contribution in [0.2, 0.25) is 0 Å². The van der Waals surface area contributed by atoms with E-state index in [0.717, 1.165) is 29.3 Å². The van der Waals surface area contributed by atoms with Gasteiger partial charge in [-0.2, -0.15) is 0 Å². The molecular formula is C18H17N3O7. The van der Waals surface area contributed by atoms with E-state index < -0.39 is 39.1 Å². The molecule has 2 rings (SSSR count). The van der Waals surface area contributed by atoms with Crippen molar-refractivity contribution in [2.24, 2.45) is 0 Å². The Hall–Kier alpha value is -3.82. The number of carboxylic acids is 1. The van der Waals surface area contributed by atoms with Gasteiger partial charge in [0.1, 0.15) is 6.04 Å². The average molecular weight is 387 g/mol. The van der Waals surface area contributed by atoms with Crippen molar-refractivity contribution in [3.63, 3.8) is 0 Å². The normalized spacial score (nSPS) is 11.5. The number of benzene rings is 2. The lowest BCUT2D eigenvalue weighted by molar-refractivity contribution is -0.394. The number of nitro benzene ring substituents is 2. The summed E-state index contributed by atoms with van der Waals surface area (Å²) < 4.78 is 0. The van der Waals surface area contributed by atoms with Crippen LogP contribution in [0.3, 0.4) is 0 Å². The highest BCUT2D eigenvalue weighted by Crippen LogP contribution is 2.23. The molecule has 0 heterocycles. The summed E-state index contributed by atoms with van der Waals surface area (Å²) in [6, 6.07) is 8.31. The highest BCUT2D eigenvalue weighted by molar-refractivity contribution is 5.97. The third-order valence-corrected chi connectivity index (χ3v) is 4.11. The van der Waals surface area contributed by atoms with Gasteiger partial charge in [0.2, 0.25) is 0 Å². The van der Waals surface area contributed by atoms with Crippen molar-refractivity contribution in [1.29, 1.82) is 0 Å². The van der Waals surface area contributed by atoms with Crippen LogP contribution in [-0.2, 0) is 17.6 Å². The number of aryl methyl sites for hydroxylation is 1. The number of hydrogen-bond acceptors (Lipinski definition) is 6. The number of nitrogens with one attached hydrogen (secondary N) is 1. The summed E-state index contributed by atoms with van der Waals surface area (Å²) in [5.41, 5.74) is 0.0257. The van der Waals surface area contributed by atoms with Gasteiger partial charge in [-0.3, -0.25) is 25.0 Å². The first-order valence-electron chi connectivity index (χ1n) is 8.27. The lowest BCUT2D eigenvalue weighted by Crippen LogP contribution is -2.42. The fourth-order valence-electron chi connectivity index (χ4n) is 2.70. The van der Waals surface area contributed by atoms with E-state index in [1.807, 2.05) is 19.1 Å². The van der Waals surface area contributed by atoms with Crippen LogP contribution in [0.25, 0.3) is 0 Å². The number of non-ortho nitro benzene ring substituents is 2. The van der Waals surface area contributed by atoms with Gasteiger partial charge < -0.3 is 10.4 Å². The Labute approximate surface area is 159 Å². The number of aliphatic carboxylic acids is 1. The van der Waals surface area contributed by atoms with Gasteiger partial charge in [0, 0.05) is 18.6 Å². The molecule has 0 aliphatic heterocycles. The zero-order valence-electron chi connectivity index (χ0n) is 14.8. The van der Waals surface area contributed by atoms with Crippen molar-refractivity contribution in [3.8, 4) is 0 Å². The average Bonchev–Trinajstić information content (AvgIpc) is 2.67. The maximum absolute atomic E-state index is 12.4. The van der Waals surface area contributed by atoms with E-state index in [0.29, 0.717) is 6.42 Å². The predicted molar refractivity (Wildman–Crippen MR) is 98.2 cm³/mol. The molecule has 10 nitrogen and oxygen atoms in total. The second kappa shape index (κ2) is 8.71. The van der Waals surface area contributed by atoms with Crippen molar-refractivity contribution in [2.75, 3.05) is 0 Å². The standard InChI is InChI=1S/C18H17N3O7/c1-2-11-5-3-4-6-12(11)9-16(18(23)24)19-17(22)13-7-14(20(25)26)10-15(8-13)21(27)28/h3-8,10,16H,2,9H2,1H3,(H,19,22)(H,23,24)/t16-/m0/s1. The minimum absolute atomic E-state index is 0.00209. The molecule has 0 aliphatic rings. The van der Waals surface area contributed by atoms with E-state index >= 15 is 0 Å². The molecule has 2 aromatic rings. The molecule has 0 saturated heterocycles. The van der Waals surface area contributed by atoms with Crippen molar-refractivity contribution >= 4 is 23.3 Å². The Kier molecular flexibility index (Phi) is 6.38. The van der Waals surface area contributed by atoms with Gasteiger partial charge in [-0.15, -0.1) is 0 Å². The number of carbonyl (C=O) groups excluding carboxylic acids is 1. The summed E-state index contributed by atoms with van der Waals surface area (Å²) >= 11 is 0. The third-order valence-electron chi connectivity index (χ3n) is 4.11. The maximum Gasteiger partial charge on any atom is 0.326 e. The molecule has 1 atom stereocenters. The SMILES string of the molecule is CCc1ccccc1C[C@H](NC(=O)c1cc([N+](=O)[O-])cc([N+](=O)[O-])c1)C(=O)O. The van der Waals surface area contributed by atoms with E-state index in [9.17, 15) is 34.9 Å². The highest BCUT2D eigenvalue weighted by atomic mass is 16.6. The van der Waals surface area contributed by atoms with Crippen LogP contribution >= 0.6 is 0 Å². The maximum atomic E-state index is 12.4. The molecule has 0 saturated carbocycles. The molecule has 0 aliphatic carbocycles. The lowest BCUT2D eigenvalue weighted by Gasteiger charge is -2.16. The number of hydrogen-bond donors (Lipinski definition) is 2. The molecule has 0 spiro atoms. The molecule has 0 fully saturated rings. The fraction of sp³-hybridized carbons (Fsp3) is 0.222. The first-order chi connectivity index (χ1) is 13.2. The van der Waals surface area contributed by atoms with Crippen LogP contribution in [0, 0.1) is 20.2 Å². The van der Waals surface area contributed by atoms with Crippen LogP contribution in [0.1, 0.15) is 28.4 Å². The van der Waals surface area contributed by atoms with Gasteiger partial charge in [-0.25, -0.2) is 4.79 Å². The molecule has 0 radical (unpaired) electrons. The minimum atomic E-state index is -1.31. The Balaban J connectivity index is 2.31. The number of carboxylic acid groups (broad SMARTS) is 1. The molecule has 2 aromatic carbocycles. The zero-order chi connectivity index (χ0) is 20.8. The third kappa shape index (κ3) is 4.87.